The quantitative estimate of drug-likeness (QED) is 0.159. The Labute approximate surface area is 470 Å². The third-order valence-corrected chi connectivity index (χ3v) is 18.4. The molecule has 0 fully saturated rings. The predicted octanol–water partition coefficient (Wildman–Crippen LogP) is 18.6. The molecule has 400 valence electrons. The summed E-state index contributed by atoms with van der Waals surface area (Å²) in [5, 5.41) is 0. The number of fused-ring (bicyclic) bond motifs is 7. The van der Waals surface area contributed by atoms with Crippen LogP contribution in [0.4, 0.5) is 51.2 Å². The Morgan fingerprint density at radius 3 is 1.49 bits per heavy atom. The summed E-state index contributed by atoms with van der Waals surface area (Å²) < 4.78 is 0. The van der Waals surface area contributed by atoms with Gasteiger partial charge in [-0.2, -0.15) is 0 Å². The molecule has 0 aromatic heterocycles. The van der Waals surface area contributed by atoms with Crippen LogP contribution in [-0.2, 0) is 37.9 Å². The summed E-state index contributed by atoms with van der Waals surface area (Å²) >= 11 is 0. The lowest BCUT2D eigenvalue weighted by Gasteiger charge is -2.46. The van der Waals surface area contributed by atoms with Gasteiger partial charge in [-0.3, -0.25) is 0 Å². The van der Waals surface area contributed by atoms with Gasteiger partial charge in [-0.05, 0) is 185 Å². The molecule has 2 aliphatic heterocycles. The van der Waals surface area contributed by atoms with Gasteiger partial charge in [-0.25, -0.2) is 0 Å². The fourth-order valence-electron chi connectivity index (χ4n) is 13.8. The van der Waals surface area contributed by atoms with E-state index < -0.39 is 0 Å². The monoisotopic (exact) mass is 1030 g/mol. The van der Waals surface area contributed by atoms with Crippen molar-refractivity contribution in [3.63, 3.8) is 0 Å². The highest BCUT2D eigenvalue weighted by atomic mass is 15.2. The van der Waals surface area contributed by atoms with Crippen molar-refractivity contribution in [1.29, 1.82) is 0 Å². The second-order valence-electron chi connectivity index (χ2n) is 29.6. The van der Waals surface area contributed by atoms with Crippen LogP contribution >= 0.6 is 0 Å². The highest BCUT2D eigenvalue weighted by molar-refractivity contribution is 7.00. The van der Waals surface area contributed by atoms with Crippen molar-refractivity contribution in [3.05, 3.63) is 202 Å². The molecule has 0 radical (unpaired) electrons. The molecule has 7 aromatic carbocycles. The Kier molecular flexibility index (Phi) is 12.2. The van der Waals surface area contributed by atoms with Gasteiger partial charge in [0.2, 0.25) is 0 Å². The van der Waals surface area contributed by atoms with Crippen molar-refractivity contribution in [1.82, 2.24) is 0 Å². The number of hydrogen-bond donors (Lipinski definition) is 0. The van der Waals surface area contributed by atoms with Crippen molar-refractivity contribution in [2.75, 3.05) is 14.7 Å². The molecule has 0 bridgehead atoms. The number of benzene rings is 7. The van der Waals surface area contributed by atoms with E-state index in [-0.39, 0.29) is 44.6 Å². The molecule has 2 heterocycles. The molecule has 0 amide bonds. The molecular formula is C74H86BN3. The van der Waals surface area contributed by atoms with E-state index in [1.807, 2.05) is 0 Å². The van der Waals surface area contributed by atoms with E-state index in [9.17, 15) is 0 Å². The molecule has 7 aromatic rings. The summed E-state index contributed by atoms with van der Waals surface area (Å²) in [6.45, 7) is 47.0. The van der Waals surface area contributed by atoms with Crippen LogP contribution in [-0.4, -0.2) is 6.71 Å². The first-order valence-corrected chi connectivity index (χ1v) is 29.0. The number of rotatable bonds is 5. The van der Waals surface area contributed by atoms with E-state index >= 15 is 0 Å². The van der Waals surface area contributed by atoms with E-state index in [1.54, 1.807) is 0 Å². The summed E-state index contributed by atoms with van der Waals surface area (Å²) in [4.78, 5) is 7.83. The Balaban J connectivity index is 1.25. The summed E-state index contributed by atoms with van der Waals surface area (Å²) in [6, 6.07) is 51.1. The minimum Gasteiger partial charge on any atom is -0.311 e. The maximum absolute atomic E-state index is 2.68. The third kappa shape index (κ3) is 8.62. The van der Waals surface area contributed by atoms with Crippen LogP contribution in [0, 0.1) is 19.8 Å². The molecule has 0 saturated heterocycles. The molecule has 0 saturated carbocycles. The maximum atomic E-state index is 2.68. The number of aryl methyl sites for hydroxylation is 2. The molecule has 3 nitrogen and oxygen atoms in total. The van der Waals surface area contributed by atoms with E-state index in [4.69, 9.17) is 0 Å². The van der Waals surface area contributed by atoms with Crippen LogP contribution in [0.5, 0.6) is 0 Å². The molecular weight excluding hydrogens is 942 g/mol. The molecule has 4 heteroatoms. The zero-order valence-electron chi connectivity index (χ0n) is 50.9. The van der Waals surface area contributed by atoms with E-state index in [1.165, 1.54) is 106 Å². The SMILES string of the molecule is Cc1cc(C(C)(C)C)cc(C)c1N(c1ccc(C(C)(C)C)cc1)c1ccc2c(c1)N(c1ccc3c(c1)C(C)(C)C1C=CC=CC31C)c1cc(C(C)(C)C)cc3c1B2c1cc(C(C)(C)C)ccc1N3c1ccc(C(C)(C)C)cc1. The fourth-order valence-corrected chi connectivity index (χ4v) is 13.8. The number of nitrogens with zero attached hydrogens (tertiary/aromatic N) is 3. The Bertz CT molecular complexity index is 3580. The van der Waals surface area contributed by atoms with Gasteiger partial charge < -0.3 is 14.7 Å². The molecule has 2 atom stereocenters. The first kappa shape index (κ1) is 53.5. The fraction of sp³-hybridized carbons (Fsp3) is 0.378. The van der Waals surface area contributed by atoms with Gasteiger partial charge in [0.05, 0.1) is 5.69 Å². The largest absolute Gasteiger partial charge is 0.311 e. The lowest BCUT2D eigenvalue weighted by Crippen LogP contribution is -2.61. The number of hydrogen-bond acceptors (Lipinski definition) is 3. The topological polar surface area (TPSA) is 9.72 Å². The van der Waals surface area contributed by atoms with Crippen LogP contribution in [0.3, 0.4) is 0 Å². The molecule has 2 aliphatic carbocycles. The normalized spacial score (nSPS) is 18.4. The van der Waals surface area contributed by atoms with Crippen molar-refractivity contribution >= 4 is 74.3 Å². The molecule has 0 spiro atoms. The summed E-state index contributed by atoms with van der Waals surface area (Å²) in [5.41, 5.74) is 26.6. The molecule has 2 unspecified atom stereocenters. The first-order valence-electron chi connectivity index (χ1n) is 29.0. The Hall–Kier alpha value is -6.52. The van der Waals surface area contributed by atoms with Crippen molar-refractivity contribution in [2.45, 2.75) is 176 Å². The summed E-state index contributed by atoms with van der Waals surface area (Å²) in [7, 11) is 0. The highest BCUT2D eigenvalue weighted by Gasteiger charge is 2.52. The number of allylic oxidation sites excluding steroid dienone is 4. The predicted molar refractivity (Wildman–Crippen MR) is 340 cm³/mol. The second kappa shape index (κ2) is 17.7. The standard InChI is InChI=1S/C74H86BN3/c1-46-39-51(71(12,13)14)40-47(2)67(46)76(53-29-24-48(25-30-53)68(3,4)5)56-34-36-59-62(45-56)78(55-33-35-57-58(44-55)73(18,19)65-23-21-22-38-74(57,65)20)64-43-52(72(15,16)17)42-63-66(64)75(59)60-41-50(70(9,10)11)28-37-61(60)77(63)54-31-26-49(27-32-54)69(6,7)8/h21-45,65H,1-20H3. The van der Waals surface area contributed by atoms with Crippen LogP contribution in [0.15, 0.2) is 152 Å². The van der Waals surface area contributed by atoms with Gasteiger partial charge in [-0.15, -0.1) is 0 Å². The smallest absolute Gasteiger partial charge is 0.252 e. The zero-order chi connectivity index (χ0) is 56.2. The molecule has 11 rings (SSSR count). The van der Waals surface area contributed by atoms with Crippen molar-refractivity contribution < 1.29 is 0 Å². The maximum Gasteiger partial charge on any atom is 0.252 e. The molecule has 78 heavy (non-hydrogen) atoms. The van der Waals surface area contributed by atoms with Crippen LogP contribution < -0.4 is 31.1 Å². The second-order valence-corrected chi connectivity index (χ2v) is 29.6. The van der Waals surface area contributed by atoms with Gasteiger partial charge in [0, 0.05) is 50.9 Å². The van der Waals surface area contributed by atoms with Gasteiger partial charge >= 0.3 is 0 Å². The zero-order valence-corrected chi connectivity index (χ0v) is 50.9. The minimum absolute atomic E-state index is 0.0124. The average Bonchev–Trinajstić information content (AvgIpc) is 3.29. The van der Waals surface area contributed by atoms with E-state index in [0.717, 1.165) is 11.4 Å². The molecule has 0 N–H and O–H groups in total. The average molecular weight is 1030 g/mol. The Morgan fingerprint density at radius 1 is 0.423 bits per heavy atom. The van der Waals surface area contributed by atoms with Gasteiger partial charge in [0.1, 0.15) is 0 Å². The molecule has 4 aliphatic rings. The van der Waals surface area contributed by atoms with Gasteiger partial charge in [-0.1, -0.05) is 210 Å². The number of anilines is 9. The van der Waals surface area contributed by atoms with Crippen molar-refractivity contribution in [2.24, 2.45) is 5.92 Å². The van der Waals surface area contributed by atoms with Crippen LogP contribution in [0.2, 0.25) is 0 Å². The van der Waals surface area contributed by atoms with E-state index in [2.05, 4.69) is 305 Å². The van der Waals surface area contributed by atoms with Gasteiger partial charge in [0.15, 0.2) is 0 Å². The Morgan fingerprint density at radius 2 is 0.923 bits per heavy atom. The summed E-state index contributed by atoms with van der Waals surface area (Å²) in [6.07, 6.45) is 9.44. The van der Waals surface area contributed by atoms with Crippen molar-refractivity contribution in [3.8, 4) is 0 Å². The third-order valence-electron chi connectivity index (χ3n) is 18.4. The summed E-state index contributed by atoms with van der Waals surface area (Å²) in [5.74, 6) is 0.350. The van der Waals surface area contributed by atoms with Crippen LogP contribution in [0.1, 0.15) is 175 Å². The lowest BCUT2D eigenvalue weighted by molar-refractivity contribution is 0.324. The van der Waals surface area contributed by atoms with Gasteiger partial charge in [0.25, 0.3) is 6.71 Å². The highest BCUT2D eigenvalue weighted by Crippen LogP contribution is 2.58. The van der Waals surface area contributed by atoms with Crippen LogP contribution in [0.25, 0.3) is 0 Å². The van der Waals surface area contributed by atoms with E-state index in [0.29, 0.717) is 5.92 Å². The lowest BCUT2D eigenvalue weighted by atomic mass is 9.33. The first-order chi connectivity index (χ1) is 36.3. The minimum atomic E-state index is -0.153.